The molecule has 37 heavy (non-hydrogen) atoms. The SMILES string of the molecule is CCCCCCCCCC(=O)[O-].CCCCCCCCCC(=O)[O-].CCCCCCCCCC(=O)[O-].[Sb+3]. The average Bonchev–Trinajstić information content (AvgIpc) is 2.83. The van der Waals surface area contributed by atoms with Gasteiger partial charge in [0.1, 0.15) is 0 Å². The summed E-state index contributed by atoms with van der Waals surface area (Å²) in [6.45, 7) is 6.57. The van der Waals surface area contributed by atoms with Crippen molar-refractivity contribution in [3.63, 3.8) is 0 Å². The van der Waals surface area contributed by atoms with Gasteiger partial charge >= 0.3 is 24.4 Å². The Balaban J connectivity index is -0.000000218. The molecular formula is C30H57O6Sb. The fourth-order valence-electron chi connectivity index (χ4n) is 3.68. The van der Waals surface area contributed by atoms with E-state index in [1.54, 1.807) is 0 Å². The van der Waals surface area contributed by atoms with E-state index in [1.165, 1.54) is 96.3 Å². The van der Waals surface area contributed by atoms with Crippen LogP contribution in [0.25, 0.3) is 0 Å². The van der Waals surface area contributed by atoms with Crippen LogP contribution in [0.2, 0.25) is 0 Å². The molecule has 0 rings (SSSR count). The Morgan fingerprint density at radius 1 is 0.351 bits per heavy atom. The van der Waals surface area contributed by atoms with Crippen LogP contribution in [0.4, 0.5) is 0 Å². The van der Waals surface area contributed by atoms with Crippen molar-refractivity contribution in [3.8, 4) is 0 Å². The van der Waals surface area contributed by atoms with Gasteiger partial charge in [-0.05, 0) is 38.5 Å². The molecule has 0 aromatic heterocycles. The van der Waals surface area contributed by atoms with Crippen LogP contribution in [-0.2, 0) is 14.4 Å². The van der Waals surface area contributed by atoms with Crippen molar-refractivity contribution < 1.29 is 29.7 Å². The van der Waals surface area contributed by atoms with Crippen molar-refractivity contribution in [1.29, 1.82) is 0 Å². The Labute approximate surface area is 246 Å². The summed E-state index contributed by atoms with van der Waals surface area (Å²) in [4.78, 5) is 30.1. The zero-order valence-corrected chi connectivity index (χ0v) is 26.9. The van der Waals surface area contributed by atoms with E-state index >= 15 is 0 Å². The Bertz CT molecular complexity index is 404. The van der Waals surface area contributed by atoms with Gasteiger partial charge in [-0.1, -0.05) is 136 Å². The van der Waals surface area contributed by atoms with Crippen LogP contribution in [0.15, 0.2) is 0 Å². The predicted octanol–water partition coefficient (Wildman–Crippen LogP) is 5.25. The molecule has 2 radical (unpaired) electrons. The van der Waals surface area contributed by atoms with Gasteiger partial charge in [-0.15, -0.1) is 0 Å². The van der Waals surface area contributed by atoms with Crippen LogP contribution in [0.1, 0.15) is 175 Å². The van der Waals surface area contributed by atoms with Crippen molar-refractivity contribution in [2.24, 2.45) is 0 Å². The second-order valence-electron chi connectivity index (χ2n) is 9.73. The third kappa shape index (κ3) is 56.5. The molecule has 0 atom stereocenters. The first kappa shape index (κ1) is 43.3. The van der Waals surface area contributed by atoms with Crippen molar-refractivity contribution in [2.75, 3.05) is 0 Å². The van der Waals surface area contributed by atoms with E-state index < -0.39 is 17.9 Å². The minimum absolute atomic E-state index is 0. The smallest absolute Gasteiger partial charge is 0.550 e. The molecule has 0 unspecified atom stereocenters. The molecule has 0 saturated heterocycles. The van der Waals surface area contributed by atoms with Crippen LogP contribution >= 0.6 is 0 Å². The topological polar surface area (TPSA) is 120 Å². The monoisotopic (exact) mass is 634 g/mol. The van der Waals surface area contributed by atoms with Gasteiger partial charge in [-0.3, -0.25) is 0 Å². The second-order valence-corrected chi connectivity index (χ2v) is 9.73. The molecule has 0 aliphatic carbocycles. The normalized spacial score (nSPS) is 9.81. The fourth-order valence-corrected chi connectivity index (χ4v) is 3.68. The van der Waals surface area contributed by atoms with E-state index in [4.69, 9.17) is 0 Å². The van der Waals surface area contributed by atoms with Crippen LogP contribution in [0.5, 0.6) is 0 Å². The third-order valence-electron chi connectivity index (χ3n) is 5.95. The van der Waals surface area contributed by atoms with Gasteiger partial charge in [-0.25, -0.2) is 0 Å². The number of carboxylic acid groups (broad SMARTS) is 3. The molecule has 0 aliphatic heterocycles. The van der Waals surface area contributed by atoms with Gasteiger partial charge in [0, 0.05) is 17.9 Å². The van der Waals surface area contributed by atoms with E-state index in [9.17, 15) is 29.7 Å². The van der Waals surface area contributed by atoms with E-state index in [0.29, 0.717) is 0 Å². The Kier molecular flexibility index (Phi) is 46.5. The average molecular weight is 636 g/mol. The van der Waals surface area contributed by atoms with Crippen LogP contribution in [0.3, 0.4) is 0 Å². The first-order valence-corrected chi connectivity index (χ1v) is 14.9. The van der Waals surface area contributed by atoms with E-state index in [2.05, 4.69) is 20.8 Å². The van der Waals surface area contributed by atoms with Gasteiger partial charge in [-0.2, -0.15) is 0 Å². The quantitative estimate of drug-likeness (QED) is 0.106. The van der Waals surface area contributed by atoms with Crippen molar-refractivity contribution in [1.82, 2.24) is 0 Å². The van der Waals surface area contributed by atoms with E-state index in [-0.39, 0.29) is 43.7 Å². The molecule has 0 aromatic carbocycles. The molecule has 0 aliphatic rings. The molecule has 6 nitrogen and oxygen atoms in total. The second kappa shape index (κ2) is 39.7. The molecule has 0 amide bonds. The first-order chi connectivity index (χ1) is 17.3. The van der Waals surface area contributed by atoms with Gasteiger partial charge in [0.25, 0.3) is 0 Å². The maximum atomic E-state index is 10.0. The number of hydrogen-bond acceptors (Lipinski definition) is 6. The van der Waals surface area contributed by atoms with E-state index in [0.717, 1.165) is 38.5 Å². The maximum absolute atomic E-state index is 10.0. The summed E-state index contributed by atoms with van der Waals surface area (Å²) in [6.07, 6.45) is 25.0. The number of carbonyl (C=O) groups excluding carboxylic acids is 3. The number of carbonyl (C=O) groups is 3. The van der Waals surface area contributed by atoms with Crippen molar-refractivity contribution in [3.05, 3.63) is 0 Å². The first-order valence-electron chi connectivity index (χ1n) is 14.9. The molecule has 0 saturated carbocycles. The minimum Gasteiger partial charge on any atom is -0.550 e. The number of hydrogen-bond donors (Lipinski definition) is 0. The standard InChI is InChI=1S/3C10H20O2.Sb/c3*1-2-3-4-5-6-7-8-9-10(11)12;/h3*2-9H2,1H3,(H,11,12);/q;;;+3/p-3. The van der Waals surface area contributed by atoms with Crippen molar-refractivity contribution >= 4 is 42.3 Å². The Morgan fingerprint density at radius 2 is 0.514 bits per heavy atom. The minimum atomic E-state index is -0.913. The molecule has 0 N–H and O–H groups in total. The number of aliphatic carboxylic acids is 3. The molecular weight excluding hydrogens is 578 g/mol. The molecule has 0 aromatic rings. The van der Waals surface area contributed by atoms with Gasteiger partial charge in [0.05, 0.1) is 0 Å². The fraction of sp³-hybridized carbons (Fsp3) is 0.900. The molecule has 0 spiro atoms. The zero-order chi connectivity index (χ0) is 27.7. The summed E-state index contributed by atoms with van der Waals surface area (Å²) in [7, 11) is 0. The van der Waals surface area contributed by atoms with Crippen molar-refractivity contribution in [2.45, 2.75) is 175 Å². The van der Waals surface area contributed by atoms with Gasteiger partial charge in [0.2, 0.25) is 0 Å². The van der Waals surface area contributed by atoms with Gasteiger partial charge < -0.3 is 29.7 Å². The summed E-state index contributed by atoms with van der Waals surface area (Å²) >= 11 is 0. The third-order valence-corrected chi connectivity index (χ3v) is 5.95. The number of carboxylic acids is 3. The largest absolute Gasteiger partial charge is 3.00 e. The molecule has 218 valence electrons. The summed E-state index contributed by atoms with van der Waals surface area (Å²) in [5, 5.41) is 30.1. The maximum Gasteiger partial charge on any atom is 3.00 e. The summed E-state index contributed by atoms with van der Waals surface area (Å²) in [5.74, 6) is -2.74. The van der Waals surface area contributed by atoms with Crippen LogP contribution in [0, 0.1) is 0 Å². The number of unbranched alkanes of at least 4 members (excludes halogenated alkanes) is 18. The summed E-state index contributed by atoms with van der Waals surface area (Å²) < 4.78 is 0. The Hall–Kier alpha value is -0.772. The summed E-state index contributed by atoms with van der Waals surface area (Å²) in [6, 6.07) is 0. The zero-order valence-electron chi connectivity index (χ0n) is 24.4. The van der Waals surface area contributed by atoms with Crippen LogP contribution < -0.4 is 15.3 Å². The predicted molar refractivity (Wildman–Crippen MR) is 149 cm³/mol. The molecule has 0 fully saturated rings. The Morgan fingerprint density at radius 3 is 0.676 bits per heavy atom. The summed E-state index contributed by atoms with van der Waals surface area (Å²) in [5.41, 5.74) is 0. The number of rotatable bonds is 24. The van der Waals surface area contributed by atoms with E-state index in [1.807, 2.05) is 0 Å². The molecule has 7 heteroatoms. The molecule has 0 heterocycles. The van der Waals surface area contributed by atoms with Crippen LogP contribution in [-0.4, -0.2) is 42.3 Å². The van der Waals surface area contributed by atoms with Gasteiger partial charge in [0.15, 0.2) is 0 Å². The molecule has 0 bridgehead atoms.